The SMILES string of the molecule is CC1CCCN(CCOCCOc2ccc(C=O)cc2)C1. The fourth-order valence-corrected chi connectivity index (χ4v) is 2.65. The summed E-state index contributed by atoms with van der Waals surface area (Å²) in [6, 6.07) is 7.11. The molecule has 1 aromatic rings. The Morgan fingerprint density at radius 1 is 1.24 bits per heavy atom. The maximum Gasteiger partial charge on any atom is 0.150 e. The lowest BCUT2D eigenvalue weighted by Gasteiger charge is -2.30. The molecule has 1 aromatic carbocycles. The molecule has 0 N–H and O–H groups in total. The van der Waals surface area contributed by atoms with Gasteiger partial charge in [-0.2, -0.15) is 0 Å². The number of carbonyl (C=O) groups is 1. The summed E-state index contributed by atoms with van der Waals surface area (Å²) in [4.78, 5) is 13.0. The average molecular weight is 291 g/mol. The van der Waals surface area contributed by atoms with Crippen LogP contribution in [0.1, 0.15) is 30.1 Å². The van der Waals surface area contributed by atoms with Crippen LogP contribution in [0.5, 0.6) is 5.75 Å². The maximum absolute atomic E-state index is 10.5. The lowest BCUT2D eigenvalue weighted by Crippen LogP contribution is -2.36. The standard InChI is InChI=1S/C17H25NO3/c1-15-3-2-8-18(13-15)9-10-20-11-12-21-17-6-4-16(14-19)5-7-17/h4-7,14-15H,2-3,8-13H2,1H3. The first-order valence-electron chi connectivity index (χ1n) is 7.76. The zero-order chi connectivity index (χ0) is 14.9. The van der Waals surface area contributed by atoms with Crippen molar-refractivity contribution in [3.05, 3.63) is 29.8 Å². The van der Waals surface area contributed by atoms with E-state index in [-0.39, 0.29) is 0 Å². The number of carbonyl (C=O) groups excluding carboxylic acids is 1. The first-order valence-corrected chi connectivity index (χ1v) is 7.76. The Morgan fingerprint density at radius 2 is 2.05 bits per heavy atom. The van der Waals surface area contributed by atoms with Gasteiger partial charge in [0.05, 0.1) is 13.2 Å². The average Bonchev–Trinajstić information content (AvgIpc) is 2.51. The lowest BCUT2D eigenvalue weighted by atomic mass is 10.0. The Bertz CT molecular complexity index is 419. The summed E-state index contributed by atoms with van der Waals surface area (Å²) in [5.74, 6) is 1.59. The molecule has 1 aliphatic heterocycles. The van der Waals surface area contributed by atoms with E-state index < -0.39 is 0 Å². The summed E-state index contributed by atoms with van der Waals surface area (Å²) < 4.78 is 11.2. The number of rotatable bonds is 8. The van der Waals surface area contributed by atoms with Crippen LogP contribution in [0.25, 0.3) is 0 Å². The van der Waals surface area contributed by atoms with Crippen molar-refractivity contribution in [2.24, 2.45) is 5.92 Å². The summed E-state index contributed by atoms with van der Waals surface area (Å²) in [7, 11) is 0. The van der Waals surface area contributed by atoms with Crippen molar-refractivity contribution in [3.8, 4) is 5.75 Å². The second-order valence-corrected chi connectivity index (χ2v) is 5.70. The van der Waals surface area contributed by atoms with Gasteiger partial charge < -0.3 is 14.4 Å². The van der Waals surface area contributed by atoms with Crippen molar-refractivity contribution in [3.63, 3.8) is 0 Å². The van der Waals surface area contributed by atoms with E-state index in [2.05, 4.69) is 11.8 Å². The molecule has 0 aliphatic carbocycles. The van der Waals surface area contributed by atoms with Gasteiger partial charge in [0.15, 0.2) is 0 Å². The third-order valence-electron chi connectivity index (χ3n) is 3.81. The Kier molecular flexibility index (Phi) is 6.70. The number of likely N-dealkylation sites (tertiary alicyclic amines) is 1. The van der Waals surface area contributed by atoms with Crippen LogP contribution < -0.4 is 4.74 Å². The van der Waals surface area contributed by atoms with Gasteiger partial charge in [0.2, 0.25) is 0 Å². The van der Waals surface area contributed by atoms with Crippen LogP contribution in [0.4, 0.5) is 0 Å². The van der Waals surface area contributed by atoms with E-state index in [1.54, 1.807) is 24.3 Å². The minimum Gasteiger partial charge on any atom is -0.491 e. The van der Waals surface area contributed by atoms with E-state index in [0.717, 1.165) is 31.1 Å². The number of hydrogen-bond donors (Lipinski definition) is 0. The van der Waals surface area contributed by atoms with Crippen molar-refractivity contribution in [2.75, 3.05) is 39.5 Å². The summed E-state index contributed by atoms with van der Waals surface area (Å²) in [6.45, 7) is 7.63. The van der Waals surface area contributed by atoms with Gasteiger partial charge in [0.1, 0.15) is 18.6 Å². The first-order chi connectivity index (χ1) is 10.3. The molecule has 21 heavy (non-hydrogen) atoms. The van der Waals surface area contributed by atoms with Gasteiger partial charge in [-0.25, -0.2) is 0 Å². The Labute approximate surface area is 127 Å². The quantitative estimate of drug-likeness (QED) is 0.545. The molecule has 1 unspecified atom stereocenters. The van der Waals surface area contributed by atoms with Crippen LogP contribution in [0.15, 0.2) is 24.3 Å². The lowest BCUT2D eigenvalue weighted by molar-refractivity contribution is 0.0688. The van der Waals surface area contributed by atoms with Crippen LogP contribution in [-0.2, 0) is 4.74 Å². The van der Waals surface area contributed by atoms with Crippen LogP contribution in [-0.4, -0.2) is 50.6 Å². The number of piperidine rings is 1. The topological polar surface area (TPSA) is 38.8 Å². The highest BCUT2D eigenvalue weighted by molar-refractivity contribution is 5.74. The Morgan fingerprint density at radius 3 is 2.76 bits per heavy atom. The fraction of sp³-hybridized carbons (Fsp3) is 0.588. The number of aldehydes is 1. The molecular formula is C17H25NO3. The highest BCUT2D eigenvalue weighted by atomic mass is 16.5. The summed E-state index contributed by atoms with van der Waals surface area (Å²) in [5.41, 5.74) is 0.661. The Hall–Kier alpha value is -1.39. The molecule has 1 fully saturated rings. The Balaban J connectivity index is 1.52. The molecule has 116 valence electrons. The van der Waals surface area contributed by atoms with E-state index in [4.69, 9.17) is 9.47 Å². The van der Waals surface area contributed by atoms with E-state index in [1.165, 1.54) is 25.9 Å². The molecule has 1 heterocycles. The number of hydrogen-bond acceptors (Lipinski definition) is 4. The van der Waals surface area contributed by atoms with Crippen molar-refractivity contribution in [1.82, 2.24) is 4.90 Å². The van der Waals surface area contributed by atoms with Gasteiger partial charge >= 0.3 is 0 Å². The van der Waals surface area contributed by atoms with Crippen molar-refractivity contribution >= 4 is 6.29 Å². The van der Waals surface area contributed by atoms with E-state index in [9.17, 15) is 4.79 Å². The molecule has 1 saturated heterocycles. The van der Waals surface area contributed by atoms with Crippen molar-refractivity contribution < 1.29 is 14.3 Å². The largest absolute Gasteiger partial charge is 0.491 e. The molecule has 0 saturated carbocycles. The molecule has 0 aromatic heterocycles. The first kappa shape index (κ1) is 16.0. The molecule has 2 rings (SSSR count). The number of nitrogens with zero attached hydrogens (tertiary/aromatic N) is 1. The minimum absolute atomic E-state index is 0.539. The van der Waals surface area contributed by atoms with Crippen LogP contribution in [0, 0.1) is 5.92 Å². The second-order valence-electron chi connectivity index (χ2n) is 5.70. The van der Waals surface area contributed by atoms with Crippen molar-refractivity contribution in [2.45, 2.75) is 19.8 Å². The van der Waals surface area contributed by atoms with Gasteiger partial charge in [-0.15, -0.1) is 0 Å². The molecule has 1 atom stereocenters. The fourth-order valence-electron chi connectivity index (χ4n) is 2.65. The smallest absolute Gasteiger partial charge is 0.150 e. The van der Waals surface area contributed by atoms with Gasteiger partial charge in [-0.3, -0.25) is 4.79 Å². The van der Waals surface area contributed by atoms with Crippen LogP contribution in [0.3, 0.4) is 0 Å². The highest BCUT2D eigenvalue weighted by Crippen LogP contribution is 2.14. The highest BCUT2D eigenvalue weighted by Gasteiger charge is 2.15. The predicted molar refractivity (Wildman–Crippen MR) is 83.0 cm³/mol. The van der Waals surface area contributed by atoms with Gasteiger partial charge in [-0.1, -0.05) is 6.92 Å². The third-order valence-corrected chi connectivity index (χ3v) is 3.81. The molecule has 1 aliphatic rings. The van der Waals surface area contributed by atoms with Gasteiger partial charge in [0.25, 0.3) is 0 Å². The predicted octanol–water partition coefficient (Wildman–Crippen LogP) is 2.63. The zero-order valence-corrected chi connectivity index (χ0v) is 12.8. The summed E-state index contributed by atoms with van der Waals surface area (Å²) in [6.07, 6.45) is 3.49. The molecule has 0 amide bonds. The van der Waals surface area contributed by atoms with E-state index in [1.807, 2.05) is 0 Å². The van der Waals surface area contributed by atoms with Crippen LogP contribution >= 0.6 is 0 Å². The summed E-state index contributed by atoms with van der Waals surface area (Å²) >= 11 is 0. The number of ether oxygens (including phenoxy) is 2. The second kappa shape index (κ2) is 8.80. The molecular weight excluding hydrogens is 266 g/mol. The monoisotopic (exact) mass is 291 g/mol. The maximum atomic E-state index is 10.5. The van der Waals surface area contributed by atoms with Crippen LogP contribution in [0.2, 0.25) is 0 Å². The number of benzene rings is 1. The molecule has 4 heteroatoms. The normalized spacial score (nSPS) is 19.4. The zero-order valence-electron chi connectivity index (χ0n) is 12.8. The van der Waals surface area contributed by atoms with Gasteiger partial charge in [-0.05, 0) is 49.6 Å². The van der Waals surface area contributed by atoms with Crippen molar-refractivity contribution in [1.29, 1.82) is 0 Å². The third kappa shape index (κ3) is 5.86. The molecule has 4 nitrogen and oxygen atoms in total. The summed E-state index contributed by atoms with van der Waals surface area (Å²) in [5, 5.41) is 0. The van der Waals surface area contributed by atoms with Gasteiger partial charge in [0, 0.05) is 18.7 Å². The molecule has 0 radical (unpaired) electrons. The molecule has 0 bridgehead atoms. The minimum atomic E-state index is 0.539. The van der Waals surface area contributed by atoms with E-state index >= 15 is 0 Å². The molecule has 0 spiro atoms. The van der Waals surface area contributed by atoms with E-state index in [0.29, 0.717) is 18.8 Å².